The van der Waals surface area contributed by atoms with Gasteiger partial charge < -0.3 is 5.32 Å². The summed E-state index contributed by atoms with van der Waals surface area (Å²) in [5.74, 6) is 0.0263. The SMILES string of the molecule is C=C(C)CN1CCC(NC(=O)c2scnc2C)CC1. The highest BCUT2D eigenvalue weighted by atomic mass is 32.1. The summed E-state index contributed by atoms with van der Waals surface area (Å²) < 4.78 is 0. The first-order valence-corrected chi connectivity index (χ1v) is 7.52. The Balaban J connectivity index is 1.81. The molecule has 0 saturated carbocycles. The standard InChI is InChI=1S/C14H21N3OS/c1-10(2)8-17-6-4-12(5-7-17)16-14(18)13-11(3)15-9-19-13/h9,12H,1,4-8H2,2-3H3,(H,16,18). The number of piperidine rings is 1. The van der Waals surface area contributed by atoms with Crippen molar-refractivity contribution in [3.8, 4) is 0 Å². The zero-order valence-electron chi connectivity index (χ0n) is 11.6. The number of aryl methyl sites for hydroxylation is 1. The van der Waals surface area contributed by atoms with Gasteiger partial charge in [0, 0.05) is 25.7 Å². The lowest BCUT2D eigenvalue weighted by molar-refractivity contribution is 0.0917. The maximum absolute atomic E-state index is 12.1. The molecule has 0 bridgehead atoms. The van der Waals surface area contributed by atoms with Gasteiger partial charge in [-0.3, -0.25) is 9.69 Å². The number of nitrogens with zero attached hydrogens (tertiary/aromatic N) is 2. The lowest BCUT2D eigenvalue weighted by Crippen LogP contribution is -2.44. The molecule has 0 aliphatic carbocycles. The summed E-state index contributed by atoms with van der Waals surface area (Å²) >= 11 is 1.41. The van der Waals surface area contributed by atoms with E-state index >= 15 is 0 Å². The second kappa shape index (κ2) is 6.30. The third-order valence-electron chi connectivity index (χ3n) is 3.37. The largest absolute Gasteiger partial charge is 0.348 e. The molecule has 0 spiro atoms. The highest BCUT2D eigenvalue weighted by molar-refractivity contribution is 7.11. The lowest BCUT2D eigenvalue weighted by atomic mass is 10.0. The van der Waals surface area contributed by atoms with Crippen molar-refractivity contribution in [2.24, 2.45) is 0 Å². The fraction of sp³-hybridized carbons (Fsp3) is 0.571. The van der Waals surface area contributed by atoms with Gasteiger partial charge in [-0.05, 0) is 26.7 Å². The molecule has 1 aromatic rings. The van der Waals surface area contributed by atoms with Crippen LogP contribution in [0.15, 0.2) is 17.7 Å². The molecule has 1 N–H and O–H groups in total. The predicted octanol–water partition coefficient (Wildman–Crippen LogP) is 2.22. The van der Waals surface area contributed by atoms with Crippen LogP contribution in [0.25, 0.3) is 0 Å². The second-order valence-corrected chi connectivity index (χ2v) is 6.10. The van der Waals surface area contributed by atoms with Gasteiger partial charge in [-0.25, -0.2) is 4.98 Å². The molecule has 0 aromatic carbocycles. The quantitative estimate of drug-likeness (QED) is 0.860. The lowest BCUT2D eigenvalue weighted by Gasteiger charge is -2.32. The molecule has 4 nitrogen and oxygen atoms in total. The van der Waals surface area contributed by atoms with Crippen molar-refractivity contribution >= 4 is 17.2 Å². The molecule has 1 fully saturated rings. The van der Waals surface area contributed by atoms with Crippen LogP contribution in [0.2, 0.25) is 0 Å². The fourth-order valence-corrected chi connectivity index (χ4v) is 3.09. The molecule has 5 heteroatoms. The van der Waals surface area contributed by atoms with Crippen molar-refractivity contribution < 1.29 is 4.79 Å². The minimum atomic E-state index is 0.0263. The van der Waals surface area contributed by atoms with Gasteiger partial charge in [0.05, 0.1) is 11.2 Å². The molecule has 19 heavy (non-hydrogen) atoms. The first-order chi connectivity index (χ1) is 9.06. The predicted molar refractivity (Wildman–Crippen MR) is 78.6 cm³/mol. The Morgan fingerprint density at radius 3 is 2.79 bits per heavy atom. The van der Waals surface area contributed by atoms with Crippen LogP contribution >= 0.6 is 11.3 Å². The molecule has 2 heterocycles. The molecule has 0 atom stereocenters. The van der Waals surface area contributed by atoms with Crippen LogP contribution in [0.3, 0.4) is 0 Å². The van der Waals surface area contributed by atoms with E-state index in [-0.39, 0.29) is 11.9 Å². The third kappa shape index (κ3) is 3.88. The number of hydrogen-bond donors (Lipinski definition) is 1. The van der Waals surface area contributed by atoms with Gasteiger partial charge in [-0.15, -0.1) is 11.3 Å². The molecular formula is C14H21N3OS. The van der Waals surface area contributed by atoms with E-state index in [1.165, 1.54) is 16.9 Å². The van der Waals surface area contributed by atoms with Gasteiger partial charge in [0.25, 0.3) is 5.91 Å². The fourth-order valence-electron chi connectivity index (χ4n) is 2.39. The summed E-state index contributed by atoms with van der Waals surface area (Å²) in [7, 11) is 0. The Morgan fingerprint density at radius 2 is 2.26 bits per heavy atom. The Kier molecular flexibility index (Phi) is 4.71. The average Bonchev–Trinajstić information content (AvgIpc) is 2.77. The molecule has 1 aliphatic rings. The maximum atomic E-state index is 12.1. The first kappa shape index (κ1) is 14.2. The Morgan fingerprint density at radius 1 is 1.58 bits per heavy atom. The van der Waals surface area contributed by atoms with Gasteiger partial charge >= 0.3 is 0 Å². The Bertz CT molecular complexity index is 461. The van der Waals surface area contributed by atoms with Gasteiger partial charge in [-0.2, -0.15) is 0 Å². The number of likely N-dealkylation sites (tertiary alicyclic amines) is 1. The summed E-state index contributed by atoms with van der Waals surface area (Å²) in [5.41, 5.74) is 3.74. The monoisotopic (exact) mass is 279 g/mol. The molecule has 1 aliphatic heterocycles. The van der Waals surface area contributed by atoms with Crippen LogP contribution in [0, 0.1) is 6.92 Å². The van der Waals surface area contributed by atoms with Gasteiger partial charge in [0.1, 0.15) is 4.88 Å². The van der Waals surface area contributed by atoms with Crippen LogP contribution < -0.4 is 5.32 Å². The Labute approximate surface area is 118 Å². The van der Waals surface area contributed by atoms with Crippen molar-refractivity contribution in [3.05, 3.63) is 28.2 Å². The zero-order valence-corrected chi connectivity index (χ0v) is 12.4. The minimum Gasteiger partial charge on any atom is -0.348 e. The van der Waals surface area contributed by atoms with Crippen LogP contribution in [-0.4, -0.2) is 41.5 Å². The summed E-state index contributed by atoms with van der Waals surface area (Å²) in [5, 5.41) is 3.12. The number of nitrogens with one attached hydrogen (secondary N) is 1. The van der Waals surface area contributed by atoms with E-state index in [0.717, 1.165) is 43.0 Å². The normalized spacial score (nSPS) is 17.4. The number of carbonyl (C=O) groups is 1. The first-order valence-electron chi connectivity index (χ1n) is 6.64. The molecule has 2 rings (SSSR count). The van der Waals surface area contributed by atoms with E-state index in [9.17, 15) is 4.79 Å². The van der Waals surface area contributed by atoms with Gasteiger partial charge in [0.2, 0.25) is 0 Å². The average molecular weight is 279 g/mol. The minimum absolute atomic E-state index is 0.0263. The van der Waals surface area contributed by atoms with Crippen LogP contribution in [0.4, 0.5) is 0 Å². The third-order valence-corrected chi connectivity index (χ3v) is 4.30. The molecule has 0 unspecified atom stereocenters. The number of rotatable bonds is 4. The van der Waals surface area contributed by atoms with Crippen molar-refractivity contribution in [3.63, 3.8) is 0 Å². The Hall–Kier alpha value is -1.20. The van der Waals surface area contributed by atoms with Crippen molar-refractivity contribution in [2.45, 2.75) is 32.7 Å². The van der Waals surface area contributed by atoms with E-state index < -0.39 is 0 Å². The highest BCUT2D eigenvalue weighted by Gasteiger charge is 2.22. The summed E-state index contributed by atoms with van der Waals surface area (Å²) in [4.78, 5) is 19.3. The van der Waals surface area contributed by atoms with E-state index in [1.807, 2.05) is 6.92 Å². The van der Waals surface area contributed by atoms with Gasteiger partial charge in [0.15, 0.2) is 0 Å². The molecule has 1 aromatic heterocycles. The number of hydrogen-bond acceptors (Lipinski definition) is 4. The number of aromatic nitrogens is 1. The maximum Gasteiger partial charge on any atom is 0.263 e. The zero-order chi connectivity index (χ0) is 13.8. The van der Waals surface area contributed by atoms with Crippen molar-refractivity contribution in [2.75, 3.05) is 19.6 Å². The van der Waals surface area contributed by atoms with Crippen LogP contribution in [0.5, 0.6) is 0 Å². The molecule has 104 valence electrons. The van der Waals surface area contributed by atoms with Crippen LogP contribution in [0.1, 0.15) is 35.1 Å². The summed E-state index contributed by atoms with van der Waals surface area (Å²) in [6.07, 6.45) is 2.02. The number of thiazole rings is 1. The highest BCUT2D eigenvalue weighted by Crippen LogP contribution is 2.15. The summed E-state index contributed by atoms with van der Waals surface area (Å²) in [6.45, 7) is 10.9. The smallest absolute Gasteiger partial charge is 0.263 e. The molecule has 0 radical (unpaired) electrons. The van der Waals surface area contributed by atoms with E-state index in [0.29, 0.717) is 0 Å². The number of carbonyl (C=O) groups excluding carboxylic acids is 1. The van der Waals surface area contributed by atoms with E-state index in [4.69, 9.17) is 0 Å². The molecule has 1 amide bonds. The molecular weight excluding hydrogens is 258 g/mol. The summed E-state index contributed by atoms with van der Waals surface area (Å²) in [6, 6.07) is 0.287. The number of amides is 1. The van der Waals surface area contributed by atoms with Crippen LogP contribution in [-0.2, 0) is 0 Å². The van der Waals surface area contributed by atoms with Crippen molar-refractivity contribution in [1.29, 1.82) is 0 Å². The van der Waals surface area contributed by atoms with Crippen molar-refractivity contribution in [1.82, 2.24) is 15.2 Å². The molecule has 1 saturated heterocycles. The van der Waals surface area contributed by atoms with E-state index in [2.05, 4.69) is 28.7 Å². The van der Waals surface area contributed by atoms with Gasteiger partial charge in [-0.1, -0.05) is 12.2 Å². The topological polar surface area (TPSA) is 45.2 Å². The van der Waals surface area contributed by atoms with E-state index in [1.54, 1.807) is 5.51 Å². The second-order valence-electron chi connectivity index (χ2n) is 5.25.